The predicted molar refractivity (Wildman–Crippen MR) is 78.2 cm³/mol. The van der Waals surface area contributed by atoms with Gasteiger partial charge in [-0.3, -0.25) is 9.78 Å². The van der Waals surface area contributed by atoms with E-state index in [0.717, 1.165) is 10.9 Å². The summed E-state index contributed by atoms with van der Waals surface area (Å²) in [5.74, 6) is 0.323. The lowest BCUT2D eigenvalue weighted by atomic mass is 10.2. The van der Waals surface area contributed by atoms with Crippen molar-refractivity contribution in [3.63, 3.8) is 0 Å². The summed E-state index contributed by atoms with van der Waals surface area (Å²) in [5, 5.41) is 3.58. The van der Waals surface area contributed by atoms with E-state index in [0.29, 0.717) is 17.9 Å². The molecule has 0 atom stereocenters. The Kier molecular flexibility index (Phi) is 3.55. The van der Waals surface area contributed by atoms with Gasteiger partial charge in [0, 0.05) is 18.9 Å². The van der Waals surface area contributed by atoms with Crippen LogP contribution in [0.4, 0.5) is 0 Å². The molecule has 0 radical (unpaired) electrons. The highest BCUT2D eigenvalue weighted by atomic mass is 16.5. The minimum absolute atomic E-state index is 0.183. The van der Waals surface area contributed by atoms with Crippen molar-refractivity contribution in [3.8, 4) is 5.75 Å². The van der Waals surface area contributed by atoms with Crippen LogP contribution in [-0.2, 0) is 6.54 Å². The highest BCUT2D eigenvalue weighted by molar-refractivity contribution is 6.01. The number of benzene rings is 1. The fourth-order valence-corrected chi connectivity index (χ4v) is 2.14. The number of fused-ring (bicyclic) bond motifs is 1. The molecular formula is C16H14N2O3. The molecule has 2 aromatic heterocycles. The lowest BCUT2D eigenvalue weighted by Gasteiger charge is -2.04. The molecule has 5 nitrogen and oxygen atoms in total. The Balaban J connectivity index is 1.84. The summed E-state index contributed by atoms with van der Waals surface area (Å²) >= 11 is 0. The molecule has 21 heavy (non-hydrogen) atoms. The molecule has 0 aliphatic heterocycles. The van der Waals surface area contributed by atoms with Crippen LogP contribution in [0, 0.1) is 0 Å². The molecule has 0 bridgehead atoms. The molecule has 0 aliphatic carbocycles. The van der Waals surface area contributed by atoms with Crippen molar-refractivity contribution in [1.82, 2.24) is 10.3 Å². The third-order valence-electron chi connectivity index (χ3n) is 3.14. The second kappa shape index (κ2) is 5.66. The summed E-state index contributed by atoms with van der Waals surface area (Å²) in [7, 11) is 1.52. The van der Waals surface area contributed by atoms with E-state index in [9.17, 15) is 4.79 Å². The van der Waals surface area contributed by atoms with Crippen molar-refractivity contribution in [2.75, 3.05) is 7.11 Å². The fourth-order valence-electron chi connectivity index (χ4n) is 2.14. The van der Waals surface area contributed by atoms with E-state index < -0.39 is 0 Å². The van der Waals surface area contributed by atoms with Crippen LogP contribution in [0.25, 0.3) is 11.0 Å². The Morgan fingerprint density at radius 1 is 1.29 bits per heavy atom. The Labute approximate surface area is 121 Å². The molecule has 5 heteroatoms. The number of methoxy groups -OCH3 is 1. The molecule has 0 saturated carbocycles. The maximum absolute atomic E-state index is 12.3. The first kappa shape index (κ1) is 13.2. The number of carbonyl (C=O) groups excluding carboxylic acids is 1. The Hall–Kier alpha value is -2.82. The SMILES string of the molecule is COc1c(C(=O)NCc2cccnc2)oc2ccccc12. The molecule has 1 amide bonds. The molecule has 3 aromatic rings. The van der Waals surface area contributed by atoms with Crippen LogP contribution in [-0.4, -0.2) is 18.0 Å². The predicted octanol–water partition coefficient (Wildman–Crippen LogP) is 2.77. The topological polar surface area (TPSA) is 64.4 Å². The summed E-state index contributed by atoms with van der Waals surface area (Å²) in [6, 6.07) is 11.1. The van der Waals surface area contributed by atoms with E-state index in [2.05, 4.69) is 10.3 Å². The van der Waals surface area contributed by atoms with Gasteiger partial charge < -0.3 is 14.5 Å². The zero-order chi connectivity index (χ0) is 14.7. The second-order valence-electron chi connectivity index (χ2n) is 4.50. The molecule has 2 heterocycles. The van der Waals surface area contributed by atoms with Gasteiger partial charge >= 0.3 is 0 Å². The molecule has 0 fully saturated rings. The van der Waals surface area contributed by atoms with Gasteiger partial charge in [-0.2, -0.15) is 0 Å². The molecule has 0 aliphatic rings. The number of furan rings is 1. The number of pyridine rings is 1. The number of rotatable bonds is 4. The molecule has 1 N–H and O–H groups in total. The van der Waals surface area contributed by atoms with Crippen LogP contribution < -0.4 is 10.1 Å². The number of hydrogen-bond donors (Lipinski definition) is 1. The van der Waals surface area contributed by atoms with E-state index in [-0.39, 0.29) is 11.7 Å². The van der Waals surface area contributed by atoms with Gasteiger partial charge in [0.25, 0.3) is 5.91 Å². The maximum Gasteiger partial charge on any atom is 0.291 e. The van der Waals surface area contributed by atoms with E-state index in [1.165, 1.54) is 7.11 Å². The zero-order valence-corrected chi connectivity index (χ0v) is 11.5. The smallest absolute Gasteiger partial charge is 0.291 e. The third kappa shape index (κ3) is 2.58. The van der Waals surface area contributed by atoms with Crippen LogP contribution in [0.15, 0.2) is 53.2 Å². The first-order valence-electron chi connectivity index (χ1n) is 6.52. The molecule has 3 rings (SSSR count). The van der Waals surface area contributed by atoms with Crippen molar-refractivity contribution in [1.29, 1.82) is 0 Å². The van der Waals surface area contributed by atoms with Crippen LogP contribution in [0.5, 0.6) is 5.75 Å². The van der Waals surface area contributed by atoms with E-state index in [4.69, 9.17) is 9.15 Å². The van der Waals surface area contributed by atoms with Crippen molar-refractivity contribution in [2.45, 2.75) is 6.54 Å². The zero-order valence-electron chi connectivity index (χ0n) is 11.5. The largest absolute Gasteiger partial charge is 0.492 e. The van der Waals surface area contributed by atoms with E-state index >= 15 is 0 Å². The number of nitrogens with one attached hydrogen (secondary N) is 1. The quantitative estimate of drug-likeness (QED) is 0.799. The highest BCUT2D eigenvalue weighted by Crippen LogP contribution is 2.32. The monoisotopic (exact) mass is 282 g/mol. The first-order chi connectivity index (χ1) is 10.3. The van der Waals surface area contributed by atoms with Gasteiger partial charge in [-0.15, -0.1) is 0 Å². The Morgan fingerprint density at radius 2 is 2.14 bits per heavy atom. The van der Waals surface area contributed by atoms with E-state index in [1.54, 1.807) is 18.5 Å². The highest BCUT2D eigenvalue weighted by Gasteiger charge is 2.20. The van der Waals surface area contributed by atoms with Gasteiger partial charge in [0.15, 0.2) is 5.75 Å². The molecule has 1 aromatic carbocycles. The van der Waals surface area contributed by atoms with Crippen molar-refractivity contribution < 1.29 is 13.9 Å². The number of carbonyl (C=O) groups is 1. The van der Waals surface area contributed by atoms with Crippen molar-refractivity contribution in [2.24, 2.45) is 0 Å². The number of amides is 1. The lowest BCUT2D eigenvalue weighted by Crippen LogP contribution is -2.22. The standard InChI is InChI=1S/C16H14N2O3/c1-20-14-12-6-2-3-7-13(12)21-15(14)16(19)18-10-11-5-4-8-17-9-11/h2-9H,10H2,1H3,(H,18,19). The molecule has 0 unspecified atom stereocenters. The third-order valence-corrected chi connectivity index (χ3v) is 3.14. The van der Waals surface area contributed by atoms with Crippen LogP contribution >= 0.6 is 0 Å². The van der Waals surface area contributed by atoms with Crippen molar-refractivity contribution in [3.05, 3.63) is 60.1 Å². The van der Waals surface area contributed by atoms with E-state index in [1.807, 2.05) is 30.3 Å². The normalized spacial score (nSPS) is 10.5. The summed E-state index contributed by atoms with van der Waals surface area (Å²) in [6.07, 6.45) is 3.39. The first-order valence-corrected chi connectivity index (χ1v) is 6.52. The Bertz CT molecular complexity index is 766. The summed E-state index contributed by atoms with van der Waals surface area (Å²) in [5.41, 5.74) is 1.54. The summed E-state index contributed by atoms with van der Waals surface area (Å²) in [4.78, 5) is 16.3. The lowest BCUT2D eigenvalue weighted by molar-refractivity contribution is 0.0921. The molecule has 106 valence electrons. The van der Waals surface area contributed by atoms with Gasteiger partial charge in [0.05, 0.1) is 12.5 Å². The number of aromatic nitrogens is 1. The number of para-hydroxylation sites is 1. The average molecular weight is 282 g/mol. The van der Waals surface area contributed by atoms with Crippen molar-refractivity contribution >= 4 is 16.9 Å². The Morgan fingerprint density at radius 3 is 2.90 bits per heavy atom. The summed E-state index contributed by atoms with van der Waals surface area (Å²) in [6.45, 7) is 0.382. The van der Waals surface area contributed by atoms with Crippen LogP contribution in [0.2, 0.25) is 0 Å². The maximum atomic E-state index is 12.3. The van der Waals surface area contributed by atoms with Gasteiger partial charge in [0.1, 0.15) is 5.58 Å². The fraction of sp³-hybridized carbons (Fsp3) is 0.125. The number of hydrogen-bond acceptors (Lipinski definition) is 4. The minimum Gasteiger partial charge on any atom is -0.492 e. The van der Waals surface area contributed by atoms with Gasteiger partial charge in [-0.05, 0) is 23.8 Å². The number of nitrogens with zero attached hydrogens (tertiary/aromatic N) is 1. The molecule has 0 spiro atoms. The molecular weight excluding hydrogens is 268 g/mol. The van der Waals surface area contributed by atoms with Gasteiger partial charge in [-0.25, -0.2) is 0 Å². The second-order valence-corrected chi connectivity index (χ2v) is 4.50. The average Bonchev–Trinajstić information content (AvgIpc) is 2.92. The summed E-state index contributed by atoms with van der Waals surface area (Å²) < 4.78 is 10.9. The van der Waals surface area contributed by atoms with Gasteiger partial charge in [0.2, 0.25) is 5.76 Å². The van der Waals surface area contributed by atoms with Crippen LogP contribution in [0.1, 0.15) is 16.1 Å². The van der Waals surface area contributed by atoms with Crippen LogP contribution in [0.3, 0.4) is 0 Å². The van der Waals surface area contributed by atoms with Gasteiger partial charge in [-0.1, -0.05) is 18.2 Å². The number of ether oxygens (including phenoxy) is 1. The minimum atomic E-state index is -0.313. The molecule has 0 saturated heterocycles.